The van der Waals surface area contributed by atoms with Gasteiger partial charge in [0.2, 0.25) is 5.79 Å². The van der Waals surface area contributed by atoms with Crippen molar-refractivity contribution in [3.05, 3.63) is 95.9 Å². The number of nitrogen functional groups attached to an aromatic ring is 1. The van der Waals surface area contributed by atoms with E-state index in [2.05, 4.69) is 10.1 Å². The van der Waals surface area contributed by atoms with Crippen molar-refractivity contribution in [1.29, 1.82) is 0 Å². The number of hydrogen-bond donors (Lipinski definition) is 2. The molecular weight excluding hydrogens is 460 g/mol. The third-order valence-corrected chi connectivity index (χ3v) is 6.27. The lowest BCUT2D eigenvalue weighted by molar-refractivity contribution is -0.255. The first-order chi connectivity index (χ1) is 17.6. The Bertz CT molecular complexity index is 1270. The molecule has 4 unspecified atom stereocenters. The number of benzene rings is 2. The monoisotopic (exact) mass is 490 g/mol. The predicted molar refractivity (Wildman–Crippen MR) is 133 cm³/mol. The van der Waals surface area contributed by atoms with E-state index >= 15 is 0 Å². The largest absolute Gasteiger partial charge is 0.382 e. The normalized spacial score (nSPS) is 23.9. The van der Waals surface area contributed by atoms with Crippen LogP contribution in [0.1, 0.15) is 23.7 Å². The third-order valence-electron chi connectivity index (χ3n) is 6.27. The van der Waals surface area contributed by atoms with Gasteiger partial charge in [-0.05, 0) is 30.2 Å². The Balaban J connectivity index is 1.52. The Kier molecular flexibility index (Phi) is 7.26. The Morgan fingerprint density at radius 1 is 0.972 bits per heavy atom. The maximum Gasteiger partial charge on any atom is 0.240 e. The van der Waals surface area contributed by atoms with Gasteiger partial charge in [0, 0.05) is 6.61 Å². The lowest BCUT2D eigenvalue weighted by Gasteiger charge is -2.30. The Morgan fingerprint density at radius 2 is 1.64 bits per heavy atom. The van der Waals surface area contributed by atoms with Crippen LogP contribution < -0.4 is 5.73 Å². The average Bonchev–Trinajstić information content (AvgIpc) is 3.47. The van der Waals surface area contributed by atoms with Gasteiger partial charge in [0.25, 0.3) is 0 Å². The van der Waals surface area contributed by atoms with E-state index in [0.717, 1.165) is 11.1 Å². The summed E-state index contributed by atoms with van der Waals surface area (Å²) in [5.41, 5.74) is 8.93. The molecule has 0 radical (unpaired) electrons. The molecule has 3 heterocycles. The van der Waals surface area contributed by atoms with E-state index in [4.69, 9.17) is 24.7 Å². The second kappa shape index (κ2) is 10.7. The van der Waals surface area contributed by atoms with Crippen LogP contribution in [-0.2, 0) is 37.9 Å². The summed E-state index contributed by atoms with van der Waals surface area (Å²) in [6.07, 6.45) is -0.772. The molecule has 1 fully saturated rings. The molecule has 4 aromatic rings. The number of fused-ring (bicyclic) bond motifs is 1. The number of nitrogens with two attached hydrogens (primary N) is 1. The molecule has 1 aliphatic heterocycles. The van der Waals surface area contributed by atoms with E-state index in [0.29, 0.717) is 30.2 Å². The SMILES string of the molecule is CCOCC1OC(O)(c2ccc3c(N)ncnn23)C(OCc2ccccc2)C1OCc1ccccc1. The fourth-order valence-electron chi connectivity index (χ4n) is 4.51. The Morgan fingerprint density at radius 3 is 2.31 bits per heavy atom. The van der Waals surface area contributed by atoms with Gasteiger partial charge >= 0.3 is 0 Å². The van der Waals surface area contributed by atoms with E-state index in [9.17, 15) is 5.11 Å². The van der Waals surface area contributed by atoms with Crippen LogP contribution >= 0.6 is 0 Å². The summed E-state index contributed by atoms with van der Waals surface area (Å²) in [4.78, 5) is 4.05. The second-order valence-electron chi connectivity index (χ2n) is 8.65. The number of nitrogens with zero attached hydrogens (tertiary/aromatic N) is 3. The molecule has 0 bridgehead atoms. The van der Waals surface area contributed by atoms with E-state index < -0.39 is 24.1 Å². The highest BCUT2D eigenvalue weighted by molar-refractivity contribution is 5.65. The molecule has 188 valence electrons. The summed E-state index contributed by atoms with van der Waals surface area (Å²) in [7, 11) is 0. The van der Waals surface area contributed by atoms with Gasteiger partial charge in [-0.25, -0.2) is 9.50 Å². The van der Waals surface area contributed by atoms with Crippen molar-refractivity contribution in [2.24, 2.45) is 0 Å². The maximum absolute atomic E-state index is 12.1. The van der Waals surface area contributed by atoms with E-state index in [1.807, 2.05) is 67.6 Å². The highest BCUT2D eigenvalue weighted by atomic mass is 16.7. The third kappa shape index (κ3) is 4.84. The van der Waals surface area contributed by atoms with Gasteiger partial charge in [-0.15, -0.1) is 0 Å². The van der Waals surface area contributed by atoms with E-state index in [-0.39, 0.29) is 13.2 Å². The topological polar surface area (TPSA) is 113 Å². The number of rotatable bonds is 10. The standard InChI is InChI=1S/C27H30N4O5/c1-2-33-17-22-24(34-15-19-9-5-3-6-10-19)25(35-16-20-11-7-4-8-12-20)27(32,36-22)23-14-13-21-26(28)29-18-30-31(21)23/h3-14,18,22,24-25,32H,2,15-17H2,1H3,(H2,28,29,30). The van der Waals surface area contributed by atoms with Gasteiger partial charge in [0.15, 0.2) is 5.82 Å². The molecule has 0 saturated carbocycles. The summed E-state index contributed by atoms with van der Waals surface area (Å²) in [6, 6.07) is 23.1. The van der Waals surface area contributed by atoms with Crippen LogP contribution in [0.3, 0.4) is 0 Å². The fourth-order valence-corrected chi connectivity index (χ4v) is 4.51. The molecule has 5 rings (SSSR count). The van der Waals surface area contributed by atoms with Crippen LogP contribution in [0.15, 0.2) is 79.1 Å². The molecule has 1 aliphatic rings. The number of hydrogen-bond acceptors (Lipinski definition) is 8. The molecule has 9 heteroatoms. The van der Waals surface area contributed by atoms with Crippen molar-refractivity contribution in [3.8, 4) is 0 Å². The summed E-state index contributed by atoms with van der Waals surface area (Å²) in [6.45, 7) is 3.21. The first kappa shape index (κ1) is 24.4. The molecule has 0 spiro atoms. The summed E-state index contributed by atoms with van der Waals surface area (Å²) in [5.74, 6) is -1.59. The quantitative estimate of drug-likeness (QED) is 0.349. The van der Waals surface area contributed by atoms with Crippen molar-refractivity contribution < 1.29 is 24.1 Å². The molecule has 36 heavy (non-hydrogen) atoms. The van der Waals surface area contributed by atoms with Crippen molar-refractivity contribution in [1.82, 2.24) is 14.6 Å². The van der Waals surface area contributed by atoms with Gasteiger partial charge in [-0.3, -0.25) is 0 Å². The van der Waals surface area contributed by atoms with E-state index in [1.165, 1.54) is 10.8 Å². The molecule has 2 aromatic heterocycles. The summed E-state index contributed by atoms with van der Waals surface area (Å²) < 4.78 is 26.3. The summed E-state index contributed by atoms with van der Waals surface area (Å²) >= 11 is 0. The smallest absolute Gasteiger partial charge is 0.240 e. The molecule has 1 saturated heterocycles. The van der Waals surface area contributed by atoms with Crippen LogP contribution in [0.4, 0.5) is 5.82 Å². The zero-order valence-corrected chi connectivity index (χ0v) is 20.1. The minimum Gasteiger partial charge on any atom is -0.382 e. The van der Waals surface area contributed by atoms with Crippen molar-refractivity contribution in [2.45, 2.75) is 44.2 Å². The van der Waals surface area contributed by atoms with Gasteiger partial charge in [-0.1, -0.05) is 60.7 Å². The maximum atomic E-state index is 12.1. The van der Waals surface area contributed by atoms with E-state index in [1.54, 1.807) is 12.1 Å². The van der Waals surface area contributed by atoms with Crippen LogP contribution in [0.2, 0.25) is 0 Å². The number of ether oxygens (including phenoxy) is 4. The summed E-state index contributed by atoms with van der Waals surface area (Å²) in [5, 5.41) is 16.4. The lowest BCUT2D eigenvalue weighted by atomic mass is 10.0. The van der Waals surface area contributed by atoms with Gasteiger partial charge in [-0.2, -0.15) is 5.10 Å². The molecular formula is C27H30N4O5. The average molecular weight is 491 g/mol. The first-order valence-electron chi connectivity index (χ1n) is 12.0. The number of aromatic nitrogens is 3. The Labute approximate surface area is 209 Å². The zero-order valence-electron chi connectivity index (χ0n) is 20.1. The number of aliphatic hydroxyl groups is 1. The molecule has 4 atom stereocenters. The lowest BCUT2D eigenvalue weighted by Crippen LogP contribution is -2.45. The molecule has 0 aliphatic carbocycles. The van der Waals surface area contributed by atoms with Crippen LogP contribution in [0, 0.1) is 0 Å². The predicted octanol–water partition coefficient (Wildman–Crippen LogP) is 3.06. The van der Waals surface area contributed by atoms with Gasteiger partial charge in [0.05, 0.1) is 19.8 Å². The minimum atomic E-state index is -1.88. The molecule has 2 aromatic carbocycles. The molecule has 9 nitrogen and oxygen atoms in total. The fraction of sp³-hybridized carbons (Fsp3) is 0.333. The molecule has 0 amide bonds. The zero-order chi connectivity index (χ0) is 25.0. The van der Waals surface area contributed by atoms with Crippen molar-refractivity contribution in [3.63, 3.8) is 0 Å². The van der Waals surface area contributed by atoms with Crippen LogP contribution in [-0.4, -0.2) is 51.2 Å². The Hall–Kier alpha value is -3.34. The van der Waals surface area contributed by atoms with Gasteiger partial charge < -0.3 is 29.8 Å². The molecule has 3 N–H and O–H groups in total. The van der Waals surface area contributed by atoms with Crippen LogP contribution in [0.5, 0.6) is 0 Å². The number of anilines is 1. The second-order valence-corrected chi connectivity index (χ2v) is 8.65. The van der Waals surface area contributed by atoms with Crippen molar-refractivity contribution in [2.75, 3.05) is 18.9 Å². The first-order valence-corrected chi connectivity index (χ1v) is 12.0. The highest BCUT2D eigenvalue weighted by Gasteiger charge is 2.58. The van der Waals surface area contributed by atoms with Gasteiger partial charge in [0.1, 0.15) is 35.8 Å². The van der Waals surface area contributed by atoms with Crippen molar-refractivity contribution >= 4 is 11.3 Å². The van der Waals surface area contributed by atoms with Crippen LogP contribution in [0.25, 0.3) is 5.52 Å². The highest BCUT2D eigenvalue weighted by Crippen LogP contribution is 2.42. The minimum absolute atomic E-state index is 0.226.